The van der Waals surface area contributed by atoms with Gasteiger partial charge in [-0.25, -0.2) is 0 Å². The summed E-state index contributed by atoms with van der Waals surface area (Å²) in [5.41, 5.74) is 0.198. The van der Waals surface area contributed by atoms with Crippen LogP contribution in [-0.2, 0) is 9.31 Å². The highest BCUT2D eigenvalue weighted by atomic mass is 79.9. The van der Waals surface area contributed by atoms with Gasteiger partial charge < -0.3 is 14.0 Å². The molecule has 0 aliphatic carbocycles. The maximum atomic E-state index is 6.29. The summed E-state index contributed by atoms with van der Waals surface area (Å²) in [6, 6.07) is 15.7. The lowest BCUT2D eigenvalue weighted by Crippen LogP contribution is -2.44. The molecule has 0 spiro atoms. The van der Waals surface area contributed by atoms with Gasteiger partial charge in [0.1, 0.15) is 11.5 Å². The Balaban J connectivity index is 1.92. The van der Waals surface area contributed by atoms with E-state index < -0.39 is 7.12 Å². The average molecular weight is 389 g/mol. The van der Waals surface area contributed by atoms with Crippen molar-refractivity contribution in [2.75, 3.05) is 0 Å². The van der Waals surface area contributed by atoms with Crippen molar-refractivity contribution in [3.63, 3.8) is 0 Å². The summed E-state index contributed by atoms with van der Waals surface area (Å²) < 4.78 is 19.6. The van der Waals surface area contributed by atoms with Gasteiger partial charge in [0.2, 0.25) is 0 Å². The summed E-state index contributed by atoms with van der Waals surface area (Å²) in [5, 5.41) is 0. The molecule has 1 aliphatic rings. The first-order chi connectivity index (χ1) is 11.4. The molecule has 1 fully saturated rings. The first-order valence-corrected chi connectivity index (χ1v) is 9.02. The Bertz CT molecular complexity index is 734. The number of benzene rings is 2. The fourth-order valence-electron chi connectivity index (χ4n) is 2.84. The van der Waals surface area contributed by atoms with Gasteiger partial charge in [-0.15, -0.1) is 0 Å². The highest BCUT2D eigenvalue weighted by Gasteiger charge is 2.54. The molecule has 1 saturated heterocycles. The Hall–Kier alpha value is -1.30. The molecule has 0 amide bonds. The molecule has 1 unspecified atom stereocenters. The van der Waals surface area contributed by atoms with E-state index in [1.807, 2.05) is 48.5 Å². The van der Waals surface area contributed by atoms with Crippen LogP contribution in [0.15, 0.2) is 53.0 Å². The van der Waals surface area contributed by atoms with Crippen molar-refractivity contribution >= 4 is 28.5 Å². The average Bonchev–Trinajstić information content (AvgIpc) is 2.80. The second-order valence-corrected chi connectivity index (χ2v) is 7.59. The molecule has 2 aromatic rings. The van der Waals surface area contributed by atoms with E-state index in [0.717, 1.165) is 27.9 Å². The zero-order valence-electron chi connectivity index (χ0n) is 14.5. The molecule has 0 aromatic heterocycles. The minimum atomic E-state index is -0.441. The maximum absolute atomic E-state index is 6.29. The molecule has 1 atom stereocenters. The van der Waals surface area contributed by atoms with Crippen LogP contribution in [0, 0.1) is 0 Å². The summed E-state index contributed by atoms with van der Waals surface area (Å²) in [6.07, 6.45) is 0.879. The Morgan fingerprint density at radius 1 is 0.958 bits per heavy atom. The van der Waals surface area contributed by atoms with E-state index in [0.29, 0.717) is 0 Å². The number of hydrogen-bond donors (Lipinski definition) is 0. The molecule has 0 saturated carbocycles. The van der Waals surface area contributed by atoms with Crippen molar-refractivity contribution < 1.29 is 14.0 Å². The first kappa shape index (κ1) is 17.5. The van der Waals surface area contributed by atoms with Crippen LogP contribution in [0.1, 0.15) is 34.1 Å². The molecular formula is C19H22BBrO3. The smallest absolute Gasteiger partial charge is 0.457 e. The summed E-state index contributed by atoms with van der Waals surface area (Å²) in [6.45, 7) is 8.38. The van der Waals surface area contributed by atoms with Crippen LogP contribution in [-0.4, -0.2) is 18.3 Å². The highest BCUT2D eigenvalue weighted by Crippen LogP contribution is 2.40. The van der Waals surface area contributed by atoms with E-state index in [9.17, 15) is 0 Å². The predicted molar refractivity (Wildman–Crippen MR) is 101 cm³/mol. The van der Waals surface area contributed by atoms with E-state index in [4.69, 9.17) is 14.0 Å². The Labute approximate surface area is 152 Å². The predicted octanol–water partition coefficient (Wildman–Crippen LogP) is 4.93. The number of hydrogen-bond acceptors (Lipinski definition) is 3. The number of rotatable bonds is 4. The third-order valence-corrected chi connectivity index (χ3v) is 5.60. The zero-order valence-corrected chi connectivity index (χ0v) is 16.1. The lowest BCUT2D eigenvalue weighted by Gasteiger charge is -2.35. The molecule has 5 heteroatoms. The van der Waals surface area contributed by atoms with Gasteiger partial charge in [0.25, 0.3) is 0 Å². The second-order valence-electron chi connectivity index (χ2n) is 6.73. The third-order valence-electron chi connectivity index (χ3n) is 4.95. The molecule has 24 heavy (non-hydrogen) atoms. The minimum Gasteiger partial charge on any atom is -0.457 e. The molecule has 1 aliphatic heterocycles. The standard InChI is InChI=1S/C19H22BBrO3/c1-5-19(4)18(2,3)23-20(24-19)14-10-6-8-12-16(14)22-17-13-9-7-11-15(17)21/h6-13H,5H2,1-4H3. The van der Waals surface area contributed by atoms with E-state index in [1.165, 1.54) is 0 Å². The third kappa shape index (κ3) is 3.13. The zero-order chi connectivity index (χ0) is 17.4. The fraction of sp³-hybridized carbons (Fsp3) is 0.368. The van der Waals surface area contributed by atoms with Gasteiger partial charge in [-0.3, -0.25) is 0 Å². The largest absolute Gasteiger partial charge is 0.498 e. The normalized spacial score (nSPS) is 22.6. The van der Waals surface area contributed by atoms with E-state index in [-0.39, 0.29) is 11.2 Å². The topological polar surface area (TPSA) is 27.7 Å². The first-order valence-electron chi connectivity index (χ1n) is 8.23. The molecule has 0 N–H and O–H groups in total. The van der Waals surface area contributed by atoms with Crippen LogP contribution < -0.4 is 10.2 Å². The van der Waals surface area contributed by atoms with Crippen molar-refractivity contribution in [3.8, 4) is 11.5 Å². The molecule has 0 radical (unpaired) electrons. The highest BCUT2D eigenvalue weighted by molar-refractivity contribution is 9.10. The van der Waals surface area contributed by atoms with Crippen LogP contribution in [0.25, 0.3) is 0 Å². The molecule has 0 bridgehead atoms. The summed E-state index contributed by atoms with van der Waals surface area (Å²) in [7, 11) is -0.441. The van der Waals surface area contributed by atoms with Gasteiger partial charge in [-0.2, -0.15) is 0 Å². The second kappa shape index (κ2) is 6.55. The summed E-state index contributed by atoms with van der Waals surface area (Å²) >= 11 is 3.52. The van der Waals surface area contributed by atoms with Gasteiger partial charge in [-0.1, -0.05) is 37.3 Å². The van der Waals surface area contributed by atoms with E-state index in [1.54, 1.807) is 0 Å². The van der Waals surface area contributed by atoms with Gasteiger partial charge >= 0.3 is 7.12 Å². The lowest BCUT2D eigenvalue weighted by atomic mass is 9.78. The molecule has 2 aromatic carbocycles. The SMILES string of the molecule is CCC1(C)OB(c2ccccc2Oc2ccccc2Br)OC1(C)C. The Morgan fingerprint density at radius 3 is 2.21 bits per heavy atom. The van der Waals surface area contributed by atoms with Crippen LogP contribution in [0.2, 0.25) is 0 Å². The summed E-state index contributed by atoms with van der Waals surface area (Å²) in [5.74, 6) is 1.51. The summed E-state index contributed by atoms with van der Waals surface area (Å²) in [4.78, 5) is 0. The lowest BCUT2D eigenvalue weighted by molar-refractivity contribution is -0.0118. The molecular weight excluding hydrogens is 367 g/mol. The van der Waals surface area contributed by atoms with Crippen LogP contribution in [0.4, 0.5) is 0 Å². The van der Waals surface area contributed by atoms with Crippen LogP contribution in [0.5, 0.6) is 11.5 Å². The Morgan fingerprint density at radius 2 is 1.58 bits per heavy atom. The quantitative estimate of drug-likeness (QED) is 0.695. The molecule has 3 nitrogen and oxygen atoms in total. The number of ether oxygens (including phenoxy) is 1. The van der Waals surface area contributed by atoms with Gasteiger partial charge in [0, 0.05) is 5.46 Å². The van der Waals surface area contributed by atoms with E-state index in [2.05, 4.69) is 43.6 Å². The minimum absolute atomic E-state index is 0.335. The van der Waals surface area contributed by atoms with Crippen molar-refractivity contribution in [1.82, 2.24) is 0 Å². The molecule has 3 rings (SSSR count). The number of para-hydroxylation sites is 2. The molecule has 126 valence electrons. The maximum Gasteiger partial charge on any atom is 0.498 e. The van der Waals surface area contributed by atoms with Crippen molar-refractivity contribution in [1.29, 1.82) is 0 Å². The van der Waals surface area contributed by atoms with Crippen LogP contribution >= 0.6 is 15.9 Å². The van der Waals surface area contributed by atoms with E-state index >= 15 is 0 Å². The van der Waals surface area contributed by atoms with Gasteiger partial charge in [-0.05, 0) is 61.3 Å². The Kier molecular flexibility index (Phi) is 4.78. The fourth-order valence-corrected chi connectivity index (χ4v) is 3.21. The van der Waals surface area contributed by atoms with Crippen molar-refractivity contribution in [3.05, 3.63) is 53.0 Å². The van der Waals surface area contributed by atoms with Gasteiger partial charge in [0.05, 0.1) is 15.7 Å². The van der Waals surface area contributed by atoms with Crippen LogP contribution in [0.3, 0.4) is 0 Å². The van der Waals surface area contributed by atoms with Crippen molar-refractivity contribution in [2.24, 2.45) is 0 Å². The monoisotopic (exact) mass is 388 g/mol. The molecule has 1 heterocycles. The van der Waals surface area contributed by atoms with Crippen molar-refractivity contribution in [2.45, 2.75) is 45.3 Å². The van der Waals surface area contributed by atoms with Gasteiger partial charge in [0.15, 0.2) is 0 Å². The number of halogens is 1.